The van der Waals surface area contributed by atoms with Crippen molar-refractivity contribution < 1.29 is 4.79 Å². The second-order valence-electron chi connectivity index (χ2n) is 4.15. The van der Waals surface area contributed by atoms with Crippen LogP contribution in [0.5, 0.6) is 0 Å². The molecule has 2 N–H and O–H groups in total. The molecule has 2 rings (SSSR count). The number of nitrogens with zero attached hydrogens (tertiary/aromatic N) is 1. The van der Waals surface area contributed by atoms with Crippen molar-refractivity contribution in [1.82, 2.24) is 15.5 Å². The van der Waals surface area contributed by atoms with Gasteiger partial charge in [-0.05, 0) is 19.3 Å². The molecule has 1 fully saturated rings. The third-order valence-corrected chi connectivity index (χ3v) is 3.03. The summed E-state index contributed by atoms with van der Waals surface area (Å²) in [7, 11) is 0. The number of amides is 2. The monoisotopic (exact) mass is 209 g/mol. The Hall–Kier alpha value is -1.03. The Morgan fingerprint density at radius 2 is 2.47 bits per heavy atom. The number of carbonyl (C=O) groups excluding carboxylic acids is 1. The van der Waals surface area contributed by atoms with Crippen molar-refractivity contribution >= 4 is 6.03 Å². The Balaban J connectivity index is 1.62. The topological polar surface area (TPSA) is 44.4 Å². The van der Waals surface area contributed by atoms with Gasteiger partial charge < -0.3 is 15.5 Å². The normalized spacial score (nSPS) is 25.7. The molecule has 15 heavy (non-hydrogen) atoms. The van der Waals surface area contributed by atoms with Crippen LogP contribution in [0.4, 0.5) is 4.79 Å². The van der Waals surface area contributed by atoms with Gasteiger partial charge in [0.1, 0.15) is 0 Å². The van der Waals surface area contributed by atoms with Gasteiger partial charge in [-0.2, -0.15) is 0 Å². The number of urea groups is 1. The molecule has 1 aliphatic carbocycles. The Bertz CT molecular complexity index is 252. The van der Waals surface area contributed by atoms with Crippen LogP contribution in [0.2, 0.25) is 0 Å². The van der Waals surface area contributed by atoms with Crippen molar-refractivity contribution in [3.63, 3.8) is 0 Å². The van der Waals surface area contributed by atoms with Gasteiger partial charge in [-0.15, -0.1) is 0 Å². The lowest BCUT2D eigenvalue weighted by molar-refractivity contribution is 0.216. The third kappa shape index (κ3) is 2.96. The number of hydrogen-bond donors (Lipinski definition) is 2. The van der Waals surface area contributed by atoms with Crippen LogP contribution in [0.3, 0.4) is 0 Å². The Labute approximate surface area is 90.7 Å². The maximum atomic E-state index is 11.2. The maximum Gasteiger partial charge on any atom is 0.317 e. The van der Waals surface area contributed by atoms with Crippen LogP contribution in [-0.4, -0.2) is 43.2 Å². The van der Waals surface area contributed by atoms with Crippen molar-refractivity contribution in [2.24, 2.45) is 0 Å². The molecule has 2 aliphatic rings. The molecule has 1 heterocycles. The molecule has 84 valence electrons. The first-order valence-corrected chi connectivity index (χ1v) is 5.77. The molecule has 0 radical (unpaired) electrons. The smallest absolute Gasteiger partial charge is 0.317 e. The molecule has 0 aromatic carbocycles. The van der Waals surface area contributed by atoms with Crippen LogP contribution in [0.1, 0.15) is 19.3 Å². The van der Waals surface area contributed by atoms with Gasteiger partial charge in [0.15, 0.2) is 0 Å². The van der Waals surface area contributed by atoms with E-state index in [4.69, 9.17) is 0 Å². The molecular weight excluding hydrogens is 190 g/mol. The summed E-state index contributed by atoms with van der Waals surface area (Å²) in [4.78, 5) is 13.1. The van der Waals surface area contributed by atoms with E-state index in [0.29, 0.717) is 6.04 Å². The number of carbonyl (C=O) groups is 1. The third-order valence-electron chi connectivity index (χ3n) is 3.03. The highest BCUT2D eigenvalue weighted by atomic mass is 16.2. The van der Waals surface area contributed by atoms with Crippen LogP contribution >= 0.6 is 0 Å². The fourth-order valence-corrected chi connectivity index (χ4v) is 2.11. The molecule has 1 aliphatic heterocycles. The Kier molecular flexibility index (Phi) is 3.61. The SMILES string of the molecule is O=C1NCCN1CCNC1CC=CCC1. The fourth-order valence-electron chi connectivity index (χ4n) is 2.11. The van der Waals surface area contributed by atoms with E-state index in [1.165, 1.54) is 12.8 Å². The maximum absolute atomic E-state index is 11.2. The first-order chi connectivity index (χ1) is 7.36. The zero-order chi connectivity index (χ0) is 10.5. The summed E-state index contributed by atoms with van der Waals surface area (Å²) in [5, 5.41) is 6.30. The van der Waals surface area contributed by atoms with E-state index in [1.807, 2.05) is 4.90 Å². The molecular formula is C11H19N3O. The van der Waals surface area contributed by atoms with Gasteiger partial charge >= 0.3 is 6.03 Å². The average molecular weight is 209 g/mol. The van der Waals surface area contributed by atoms with Gasteiger partial charge in [0, 0.05) is 32.2 Å². The van der Waals surface area contributed by atoms with Gasteiger partial charge in [-0.25, -0.2) is 4.79 Å². The van der Waals surface area contributed by atoms with E-state index in [2.05, 4.69) is 22.8 Å². The highest BCUT2D eigenvalue weighted by molar-refractivity contribution is 5.76. The average Bonchev–Trinajstić information content (AvgIpc) is 2.66. The second kappa shape index (κ2) is 5.16. The molecule has 2 amide bonds. The van der Waals surface area contributed by atoms with Gasteiger partial charge in [-0.1, -0.05) is 12.2 Å². The molecule has 4 nitrogen and oxygen atoms in total. The Morgan fingerprint density at radius 1 is 1.53 bits per heavy atom. The molecule has 0 aromatic heterocycles. The summed E-state index contributed by atoms with van der Waals surface area (Å²) in [6.45, 7) is 3.38. The van der Waals surface area contributed by atoms with E-state index < -0.39 is 0 Å². The minimum atomic E-state index is 0.0836. The Morgan fingerprint density at radius 3 is 3.13 bits per heavy atom. The van der Waals surface area contributed by atoms with E-state index in [9.17, 15) is 4.79 Å². The van der Waals surface area contributed by atoms with Crippen LogP contribution in [0.15, 0.2) is 12.2 Å². The lowest BCUT2D eigenvalue weighted by Gasteiger charge is -2.21. The molecule has 1 atom stereocenters. The quantitative estimate of drug-likeness (QED) is 0.670. The second-order valence-corrected chi connectivity index (χ2v) is 4.15. The summed E-state index contributed by atoms with van der Waals surface area (Å²) >= 11 is 0. The van der Waals surface area contributed by atoms with Gasteiger partial charge in [-0.3, -0.25) is 0 Å². The summed E-state index contributed by atoms with van der Waals surface area (Å²) in [6.07, 6.45) is 8.02. The molecule has 0 saturated carbocycles. The van der Waals surface area contributed by atoms with Crippen molar-refractivity contribution in [3.05, 3.63) is 12.2 Å². The van der Waals surface area contributed by atoms with Gasteiger partial charge in [0.2, 0.25) is 0 Å². The number of nitrogens with one attached hydrogen (secondary N) is 2. The first kappa shape index (κ1) is 10.5. The zero-order valence-corrected chi connectivity index (χ0v) is 9.04. The summed E-state index contributed by atoms with van der Waals surface area (Å²) in [5.74, 6) is 0. The highest BCUT2D eigenvalue weighted by Crippen LogP contribution is 2.10. The lowest BCUT2D eigenvalue weighted by atomic mass is 10.0. The van der Waals surface area contributed by atoms with Crippen molar-refractivity contribution in [1.29, 1.82) is 0 Å². The molecule has 0 aromatic rings. The minimum absolute atomic E-state index is 0.0836. The van der Waals surface area contributed by atoms with Crippen LogP contribution in [0, 0.1) is 0 Å². The minimum Gasteiger partial charge on any atom is -0.336 e. The number of allylic oxidation sites excluding steroid dienone is 1. The number of rotatable bonds is 4. The summed E-state index contributed by atoms with van der Waals surface area (Å²) in [6, 6.07) is 0.695. The van der Waals surface area contributed by atoms with Crippen LogP contribution in [0.25, 0.3) is 0 Å². The van der Waals surface area contributed by atoms with Crippen molar-refractivity contribution in [2.45, 2.75) is 25.3 Å². The first-order valence-electron chi connectivity index (χ1n) is 5.77. The van der Waals surface area contributed by atoms with Gasteiger partial charge in [0.25, 0.3) is 0 Å². The standard InChI is InChI=1S/C11H19N3O/c15-11-13-7-9-14(11)8-6-12-10-4-2-1-3-5-10/h1-2,10,12H,3-9H2,(H,13,15). The van der Waals surface area contributed by atoms with Crippen molar-refractivity contribution in [3.8, 4) is 0 Å². The van der Waals surface area contributed by atoms with Crippen LogP contribution in [-0.2, 0) is 0 Å². The largest absolute Gasteiger partial charge is 0.336 e. The van der Waals surface area contributed by atoms with Crippen molar-refractivity contribution in [2.75, 3.05) is 26.2 Å². The summed E-state index contributed by atoms with van der Waals surface area (Å²) < 4.78 is 0. The van der Waals surface area contributed by atoms with E-state index in [-0.39, 0.29) is 6.03 Å². The molecule has 1 unspecified atom stereocenters. The molecule has 0 bridgehead atoms. The van der Waals surface area contributed by atoms with Crippen LogP contribution < -0.4 is 10.6 Å². The predicted molar refractivity (Wildman–Crippen MR) is 59.8 cm³/mol. The van der Waals surface area contributed by atoms with E-state index in [1.54, 1.807) is 0 Å². The predicted octanol–water partition coefficient (Wildman–Crippen LogP) is 0.710. The fraction of sp³-hybridized carbons (Fsp3) is 0.727. The van der Waals surface area contributed by atoms with E-state index in [0.717, 1.165) is 32.6 Å². The molecule has 1 saturated heterocycles. The summed E-state index contributed by atoms with van der Waals surface area (Å²) in [5.41, 5.74) is 0. The molecule has 0 spiro atoms. The highest BCUT2D eigenvalue weighted by Gasteiger charge is 2.18. The zero-order valence-electron chi connectivity index (χ0n) is 9.04. The number of hydrogen-bond acceptors (Lipinski definition) is 2. The van der Waals surface area contributed by atoms with E-state index >= 15 is 0 Å². The van der Waals surface area contributed by atoms with Gasteiger partial charge in [0.05, 0.1) is 0 Å². The lowest BCUT2D eigenvalue weighted by Crippen LogP contribution is -2.38. The molecule has 4 heteroatoms.